The van der Waals surface area contributed by atoms with E-state index in [1.807, 2.05) is 0 Å². The number of hydrogen-bond acceptors (Lipinski definition) is 6. The smallest absolute Gasteiger partial charge is 0.332 e. The van der Waals surface area contributed by atoms with Crippen LogP contribution in [0, 0.1) is 5.82 Å². The third kappa shape index (κ3) is 4.44. The van der Waals surface area contributed by atoms with Gasteiger partial charge in [0, 0.05) is 11.9 Å². The van der Waals surface area contributed by atoms with Crippen molar-refractivity contribution in [3.05, 3.63) is 84.3 Å². The summed E-state index contributed by atoms with van der Waals surface area (Å²) in [6.45, 7) is 3.21. The number of alkyl halides is 2. The molecule has 2 aromatic carbocycles. The van der Waals surface area contributed by atoms with Gasteiger partial charge in [-0.3, -0.25) is 19.6 Å². The zero-order valence-corrected chi connectivity index (χ0v) is 19.7. The van der Waals surface area contributed by atoms with Crippen LogP contribution in [0.25, 0.3) is 22.6 Å². The van der Waals surface area contributed by atoms with Gasteiger partial charge >= 0.3 is 12.5 Å². The average molecular weight is 507 g/mol. The maximum Gasteiger partial charge on any atom is 0.332 e. The molecule has 0 atom stereocenters. The zero-order chi connectivity index (χ0) is 26.3. The fourth-order valence-corrected chi connectivity index (χ4v) is 4.16. The number of halogens is 3. The van der Waals surface area contributed by atoms with E-state index in [1.54, 1.807) is 56.3 Å². The van der Waals surface area contributed by atoms with Gasteiger partial charge in [-0.15, -0.1) is 10.2 Å². The van der Waals surface area contributed by atoms with Crippen molar-refractivity contribution in [2.45, 2.75) is 32.4 Å². The number of hydrogen-bond donors (Lipinski definition) is 0. The molecule has 0 saturated carbocycles. The molecule has 4 aromatic rings. The Labute approximate surface area is 209 Å². The number of carbonyl (C=O) groups excluding carboxylic acids is 2. The highest BCUT2D eigenvalue weighted by molar-refractivity contribution is 6.16. The molecular formula is C26H20F3N5O3. The first-order valence-corrected chi connectivity index (χ1v) is 11.2. The molecule has 37 heavy (non-hydrogen) atoms. The van der Waals surface area contributed by atoms with E-state index in [1.165, 1.54) is 29.3 Å². The van der Waals surface area contributed by atoms with Gasteiger partial charge in [0.1, 0.15) is 11.4 Å². The molecule has 0 spiro atoms. The van der Waals surface area contributed by atoms with Gasteiger partial charge in [0.2, 0.25) is 5.89 Å². The van der Waals surface area contributed by atoms with E-state index in [0.717, 1.165) is 10.5 Å². The highest BCUT2D eigenvalue weighted by Crippen LogP contribution is 2.35. The van der Waals surface area contributed by atoms with Crippen molar-refractivity contribution in [2.75, 3.05) is 4.90 Å². The summed E-state index contributed by atoms with van der Waals surface area (Å²) >= 11 is 0. The minimum absolute atomic E-state index is 0.0919. The van der Waals surface area contributed by atoms with E-state index < -0.39 is 29.8 Å². The molecule has 11 heteroatoms. The summed E-state index contributed by atoms with van der Waals surface area (Å²) < 4.78 is 43.9. The van der Waals surface area contributed by atoms with Gasteiger partial charge in [-0.1, -0.05) is 24.3 Å². The highest BCUT2D eigenvalue weighted by atomic mass is 19.3. The number of rotatable bonds is 6. The van der Waals surface area contributed by atoms with E-state index in [-0.39, 0.29) is 18.3 Å². The van der Waals surface area contributed by atoms with Crippen molar-refractivity contribution in [3.63, 3.8) is 0 Å². The molecule has 1 saturated heterocycles. The Morgan fingerprint density at radius 2 is 1.68 bits per heavy atom. The minimum Gasteiger partial charge on any atom is -0.415 e. The van der Waals surface area contributed by atoms with Crippen LogP contribution in [-0.4, -0.2) is 37.6 Å². The number of urea groups is 1. The average Bonchev–Trinajstić information content (AvgIpc) is 3.43. The van der Waals surface area contributed by atoms with Crippen LogP contribution in [0.3, 0.4) is 0 Å². The van der Waals surface area contributed by atoms with Crippen molar-refractivity contribution in [1.29, 1.82) is 0 Å². The molecule has 1 aliphatic rings. The van der Waals surface area contributed by atoms with Crippen LogP contribution < -0.4 is 4.90 Å². The van der Waals surface area contributed by atoms with E-state index >= 15 is 0 Å². The molecule has 2 aromatic heterocycles. The molecule has 3 heterocycles. The number of pyridine rings is 1. The lowest BCUT2D eigenvalue weighted by atomic mass is 10.0. The van der Waals surface area contributed by atoms with E-state index in [2.05, 4.69) is 15.2 Å². The Bertz CT molecular complexity index is 1470. The van der Waals surface area contributed by atoms with Crippen molar-refractivity contribution in [2.24, 2.45) is 0 Å². The summed E-state index contributed by atoms with van der Waals surface area (Å²) in [5.41, 5.74) is 1.53. The van der Waals surface area contributed by atoms with Gasteiger partial charge in [-0.2, -0.15) is 8.78 Å². The standard InChI is InChI=1S/C26H20F3N5O3/c1-26(2)24(35)33(14-19-9-6-17(13-30-19)22-31-32-23(37-22)21(28)29)25(36)34(26)20-10-7-15(8-11-20)16-4-3-5-18(27)12-16/h3-13,21H,14H2,1-2H3. The van der Waals surface area contributed by atoms with Crippen molar-refractivity contribution in [1.82, 2.24) is 20.1 Å². The molecule has 1 fully saturated rings. The maximum absolute atomic E-state index is 13.6. The second-order valence-electron chi connectivity index (χ2n) is 8.91. The summed E-state index contributed by atoms with van der Waals surface area (Å²) in [5, 5.41) is 6.86. The van der Waals surface area contributed by atoms with Crippen LogP contribution in [0.1, 0.15) is 31.9 Å². The molecule has 0 unspecified atom stereocenters. The molecule has 1 aliphatic heterocycles. The number of benzene rings is 2. The van der Waals surface area contributed by atoms with Crippen LogP contribution in [0.4, 0.5) is 23.7 Å². The second kappa shape index (κ2) is 9.16. The van der Waals surface area contributed by atoms with Crippen LogP contribution in [0.2, 0.25) is 0 Å². The number of anilines is 1. The Kier molecular flexibility index (Phi) is 5.98. The van der Waals surface area contributed by atoms with E-state index in [0.29, 0.717) is 22.5 Å². The van der Waals surface area contributed by atoms with Gasteiger partial charge in [0.15, 0.2) is 0 Å². The summed E-state index contributed by atoms with van der Waals surface area (Å²) in [6, 6.07) is 15.7. The number of carbonyl (C=O) groups is 2. The molecule has 0 N–H and O–H groups in total. The van der Waals surface area contributed by atoms with Crippen molar-refractivity contribution >= 4 is 17.6 Å². The SMILES string of the molecule is CC1(C)C(=O)N(Cc2ccc(-c3nnc(C(F)F)o3)cn2)C(=O)N1c1ccc(-c2cccc(F)c2)cc1. The number of imide groups is 1. The van der Waals surface area contributed by atoms with Crippen molar-refractivity contribution in [3.8, 4) is 22.6 Å². The zero-order valence-electron chi connectivity index (χ0n) is 19.7. The lowest BCUT2D eigenvalue weighted by Crippen LogP contribution is -2.44. The van der Waals surface area contributed by atoms with Gasteiger partial charge in [0.05, 0.1) is 17.8 Å². The predicted octanol–water partition coefficient (Wildman–Crippen LogP) is 5.62. The van der Waals surface area contributed by atoms with Gasteiger partial charge < -0.3 is 4.42 Å². The topological polar surface area (TPSA) is 92.4 Å². The molecule has 3 amide bonds. The predicted molar refractivity (Wildman–Crippen MR) is 127 cm³/mol. The van der Waals surface area contributed by atoms with Crippen molar-refractivity contribution < 1.29 is 27.2 Å². The first-order chi connectivity index (χ1) is 17.6. The second-order valence-corrected chi connectivity index (χ2v) is 8.91. The molecule has 0 aliphatic carbocycles. The van der Waals surface area contributed by atoms with E-state index in [9.17, 15) is 22.8 Å². The summed E-state index contributed by atoms with van der Waals surface area (Å²) in [5.74, 6) is -1.67. The van der Waals surface area contributed by atoms with Gasteiger partial charge in [0.25, 0.3) is 11.8 Å². The molecular weight excluding hydrogens is 487 g/mol. The molecule has 188 valence electrons. The van der Waals surface area contributed by atoms with Crippen LogP contribution in [0.15, 0.2) is 71.3 Å². The number of aromatic nitrogens is 3. The monoisotopic (exact) mass is 507 g/mol. The summed E-state index contributed by atoms with van der Waals surface area (Å²) in [4.78, 5) is 33.3. The number of amides is 3. The lowest BCUT2D eigenvalue weighted by molar-refractivity contribution is -0.130. The van der Waals surface area contributed by atoms with Crippen LogP contribution >= 0.6 is 0 Å². The molecule has 0 bridgehead atoms. The van der Waals surface area contributed by atoms with Crippen LogP contribution in [-0.2, 0) is 11.3 Å². The summed E-state index contributed by atoms with van der Waals surface area (Å²) in [6.07, 6.45) is -1.54. The lowest BCUT2D eigenvalue weighted by Gasteiger charge is -2.27. The largest absolute Gasteiger partial charge is 0.415 e. The number of nitrogens with zero attached hydrogens (tertiary/aromatic N) is 5. The molecule has 0 radical (unpaired) electrons. The first-order valence-electron chi connectivity index (χ1n) is 11.2. The summed E-state index contributed by atoms with van der Waals surface area (Å²) in [7, 11) is 0. The minimum atomic E-state index is -2.88. The van der Waals surface area contributed by atoms with Gasteiger partial charge in [-0.25, -0.2) is 9.18 Å². The normalized spacial score (nSPS) is 15.2. The van der Waals surface area contributed by atoms with Gasteiger partial charge in [-0.05, 0) is 61.4 Å². The fraction of sp³-hybridized carbons (Fsp3) is 0.192. The Hall–Kier alpha value is -4.54. The third-order valence-electron chi connectivity index (χ3n) is 6.05. The molecule has 5 rings (SSSR count). The third-order valence-corrected chi connectivity index (χ3v) is 6.05. The highest BCUT2D eigenvalue weighted by Gasteiger charge is 2.52. The first kappa shape index (κ1) is 24.2. The maximum atomic E-state index is 13.6. The Morgan fingerprint density at radius 3 is 2.30 bits per heavy atom. The fourth-order valence-electron chi connectivity index (χ4n) is 4.16. The quantitative estimate of drug-likeness (QED) is 0.315. The Balaban J connectivity index is 1.35. The van der Waals surface area contributed by atoms with E-state index in [4.69, 9.17) is 4.42 Å². The molecule has 8 nitrogen and oxygen atoms in total. The Morgan fingerprint density at radius 1 is 0.946 bits per heavy atom. The van der Waals surface area contributed by atoms with Crippen LogP contribution in [0.5, 0.6) is 0 Å².